The molecule has 1 heterocycles. The number of benzene rings is 1. The number of aliphatic hydroxyl groups is 1. The van der Waals surface area contributed by atoms with Crippen LogP contribution in [0.4, 0.5) is 10.5 Å². The fourth-order valence-electron chi connectivity index (χ4n) is 5.04. The molecule has 0 aromatic heterocycles. The third-order valence-corrected chi connectivity index (χ3v) is 7.34. The number of anilines is 1. The van der Waals surface area contributed by atoms with Crippen molar-refractivity contribution < 1.29 is 29.3 Å². The first kappa shape index (κ1) is 30.4. The molecule has 1 aliphatic heterocycles. The van der Waals surface area contributed by atoms with E-state index in [1.165, 1.54) is 0 Å². The molecule has 8 nitrogen and oxygen atoms in total. The third-order valence-electron chi connectivity index (χ3n) is 7.34. The summed E-state index contributed by atoms with van der Waals surface area (Å²) in [6.07, 6.45) is 3.64. The Morgan fingerprint density at radius 1 is 1.16 bits per heavy atom. The van der Waals surface area contributed by atoms with Crippen molar-refractivity contribution in [2.24, 2.45) is 23.5 Å². The minimum Gasteiger partial charge on any atom is -0.508 e. The van der Waals surface area contributed by atoms with Gasteiger partial charge in [0.05, 0.1) is 12.2 Å². The molecule has 2 bridgehead atoms. The second-order valence-electron chi connectivity index (χ2n) is 10.6. The van der Waals surface area contributed by atoms with Gasteiger partial charge in [-0.25, -0.2) is 4.79 Å². The summed E-state index contributed by atoms with van der Waals surface area (Å²) in [4.78, 5) is 24.5. The monoisotopic (exact) mass is 516 g/mol. The van der Waals surface area contributed by atoms with Crippen LogP contribution in [0.1, 0.15) is 65.0 Å². The van der Waals surface area contributed by atoms with E-state index in [1.54, 1.807) is 20.1 Å². The molecule has 0 spiro atoms. The Morgan fingerprint density at radius 2 is 1.84 bits per heavy atom. The number of primary amides is 1. The van der Waals surface area contributed by atoms with E-state index in [2.05, 4.69) is 12.2 Å². The van der Waals surface area contributed by atoms with Gasteiger partial charge in [-0.3, -0.25) is 4.79 Å². The van der Waals surface area contributed by atoms with Crippen molar-refractivity contribution in [1.82, 2.24) is 0 Å². The molecular formula is C29H44N2O6. The molecule has 5 N–H and O–H groups in total. The van der Waals surface area contributed by atoms with Gasteiger partial charge in [0.1, 0.15) is 11.9 Å². The molecule has 6 atom stereocenters. The summed E-state index contributed by atoms with van der Waals surface area (Å²) in [7, 11) is 1.59. The van der Waals surface area contributed by atoms with Crippen molar-refractivity contribution in [3.05, 3.63) is 46.6 Å². The third kappa shape index (κ3) is 8.61. The second-order valence-corrected chi connectivity index (χ2v) is 10.6. The van der Waals surface area contributed by atoms with Crippen LogP contribution >= 0.6 is 0 Å². The number of methoxy groups -OCH3 is 1. The van der Waals surface area contributed by atoms with E-state index in [1.807, 2.05) is 45.9 Å². The van der Waals surface area contributed by atoms with E-state index in [4.69, 9.17) is 15.2 Å². The van der Waals surface area contributed by atoms with Crippen LogP contribution in [0.15, 0.2) is 35.4 Å². The normalized spacial score (nSPS) is 31.4. The summed E-state index contributed by atoms with van der Waals surface area (Å²) in [5.74, 6) is -0.333. The SMILES string of the molecule is CO[C@H]1C[C@H](C)Cc2cc(cc(O)c2C)NC(=O)/C(C)=C/CC[C@H](C)[C@@H](OC(N)=O)/C(C)=C/[C@H](C)[C@H]1O. The number of rotatable bonds is 2. The maximum absolute atomic E-state index is 12.8. The number of allylic oxidation sites excluding steroid dienone is 1. The minimum atomic E-state index is -0.855. The number of phenolic OH excluding ortho intramolecular Hbond substituents is 1. The number of phenols is 1. The van der Waals surface area contributed by atoms with Crippen molar-refractivity contribution in [3.63, 3.8) is 0 Å². The Kier molecular flexibility index (Phi) is 11.2. The quantitative estimate of drug-likeness (QED) is 0.409. The number of carbonyl (C=O) groups is 2. The van der Waals surface area contributed by atoms with Gasteiger partial charge >= 0.3 is 6.09 Å². The van der Waals surface area contributed by atoms with Crippen LogP contribution in [0.25, 0.3) is 0 Å². The van der Waals surface area contributed by atoms with E-state index < -0.39 is 24.4 Å². The molecule has 206 valence electrons. The number of carbonyl (C=O) groups excluding carboxylic acids is 2. The van der Waals surface area contributed by atoms with Gasteiger partial charge in [-0.05, 0) is 81.1 Å². The van der Waals surface area contributed by atoms with Gasteiger partial charge in [0.25, 0.3) is 5.91 Å². The van der Waals surface area contributed by atoms with E-state index >= 15 is 0 Å². The molecule has 0 unspecified atom stereocenters. The Balaban J connectivity index is 2.47. The molecule has 0 saturated heterocycles. The highest BCUT2D eigenvalue weighted by Crippen LogP contribution is 2.30. The van der Waals surface area contributed by atoms with Gasteiger partial charge in [0.15, 0.2) is 0 Å². The lowest BCUT2D eigenvalue weighted by Gasteiger charge is -2.29. The van der Waals surface area contributed by atoms with Crippen LogP contribution in [0.3, 0.4) is 0 Å². The van der Waals surface area contributed by atoms with Crippen molar-refractivity contribution in [2.75, 3.05) is 12.4 Å². The van der Waals surface area contributed by atoms with Crippen molar-refractivity contribution in [1.29, 1.82) is 0 Å². The number of ether oxygens (including phenoxy) is 2. The number of hydrogen-bond donors (Lipinski definition) is 4. The topological polar surface area (TPSA) is 131 Å². The predicted octanol–water partition coefficient (Wildman–Crippen LogP) is 5.01. The lowest BCUT2D eigenvalue weighted by Crippen LogP contribution is -2.35. The smallest absolute Gasteiger partial charge is 0.405 e. The van der Waals surface area contributed by atoms with Crippen LogP contribution in [0, 0.1) is 24.7 Å². The highest BCUT2D eigenvalue weighted by Gasteiger charge is 2.28. The van der Waals surface area contributed by atoms with Gasteiger partial charge in [0.2, 0.25) is 0 Å². The lowest BCUT2D eigenvalue weighted by atomic mass is 9.86. The van der Waals surface area contributed by atoms with E-state index in [0.29, 0.717) is 36.9 Å². The lowest BCUT2D eigenvalue weighted by molar-refractivity contribution is -0.112. The minimum absolute atomic E-state index is 0.0721. The fraction of sp³-hybridized carbons (Fsp3) is 0.586. The summed E-state index contributed by atoms with van der Waals surface area (Å²) >= 11 is 0. The zero-order chi connectivity index (χ0) is 27.9. The molecule has 0 fully saturated rings. The molecule has 2 amide bonds. The van der Waals surface area contributed by atoms with Gasteiger partial charge in [0, 0.05) is 30.4 Å². The first-order valence-corrected chi connectivity index (χ1v) is 13.0. The van der Waals surface area contributed by atoms with Crippen LogP contribution in [0.5, 0.6) is 5.75 Å². The Hall–Kier alpha value is -2.84. The number of aromatic hydroxyl groups is 1. The van der Waals surface area contributed by atoms with Crippen LogP contribution in [-0.4, -0.2) is 47.6 Å². The van der Waals surface area contributed by atoms with Gasteiger partial charge in [-0.15, -0.1) is 0 Å². The van der Waals surface area contributed by atoms with E-state index in [0.717, 1.165) is 16.7 Å². The summed E-state index contributed by atoms with van der Waals surface area (Å²) in [5, 5.41) is 24.5. The number of nitrogens with one attached hydrogen (secondary N) is 1. The molecule has 0 aliphatic carbocycles. The first-order valence-electron chi connectivity index (χ1n) is 13.0. The average Bonchev–Trinajstić information content (AvgIpc) is 2.82. The zero-order valence-electron chi connectivity index (χ0n) is 23.2. The summed E-state index contributed by atoms with van der Waals surface area (Å²) in [6, 6.07) is 3.45. The molecular weight excluding hydrogens is 472 g/mol. The molecule has 1 aliphatic rings. The van der Waals surface area contributed by atoms with Crippen LogP contribution in [0.2, 0.25) is 0 Å². The van der Waals surface area contributed by atoms with Crippen molar-refractivity contribution in [2.45, 2.75) is 85.5 Å². The maximum atomic E-state index is 12.8. The Labute approximate surface area is 220 Å². The summed E-state index contributed by atoms with van der Waals surface area (Å²) < 4.78 is 11.1. The van der Waals surface area contributed by atoms with E-state index in [-0.39, 0.29) is 29.4 Å². The van der Waals surface area contributed by atoms with Gasteiger partial charge in [-0.1, -0.05) is 32.9 Å². The number of hydrogen-bond acceptors (Lipinski definition) is 6. The first-order chi connectivity index (χ1) is 17.3. The summed E-state index contributed by atoms with van der Waals surface area (Å²) in [6.45, 7) is 11.4. The molecule has 8 heteroatoms. The standard InChI is InChI=1S/C29H44N2O6/c1-16-11-22-14-23(15-24(32)21(22)6)31-28(34)18(3)10-8-9-17(2)27(37-29(30)35)20(5)13-19(4)26(33)25(12-16)36-7/h10,13-17,19,25-27,32-33H,8-9,11-12H2,1-7H3,(H2,30,35)(H,31,34)/b18-10+,20-13+/t16-,17+,19+,25+,26-,27-/m1/s1. The number of aliphatic hydroxyl groups excluding tert-OH is 1. The van der Waals surface area contributed by atoms with Gasteiger partial charge in [-0.2, -0.15) is 0 Å². The summed E-state index contributed by atoms with van der Waals surface area (Å²) in [5.41, 5.74) is 8.94. The predicted molar refractivity (Wildman–Crippen MR) is 145 cm³/mol. The Bertz CT molecular complexity index is 1020. The van der Waals surface area contributed by atoms with E-state index in [9.17, 15) is 19.8 Å². The largest absolute Gasteiger partial charge is 0.508 e. The Morgan fingerprint density at radius 3 is 2.46 bits per heavy atom. The van der Waals surface area contributed by atoms with Crippen LogP contribution < -0.4 is 11.1 Å². The molecule has 0 saturated carbocycles. The maximum Gasteiger partial charge on any atom is 0.405 e. The average molecular weight is 517 g/mol. The number of amides is 2. The van der Waals surface area contributed by atoms with Crippen LogP contribution in [-0.2, 0) is 20.7 Å². The van der Waals surface area contributed by atoms with Gasteiger partial charge < -0.3 is 30.7 Å². The molecule has 1 aromatic rings. The molecule has 1 aromatic carbocycles. The fourth-order valence-corrected chi connectivity index (χ4v) is 5.04. The number of nitrogens with two attached hydrogens (primary N) is 1. The second kappa shape index (κ2) is 13.6. The number of fused-ring (bicyclic) bond motifs is 2. The molecule has 37 heavy (non-hydrogen) atoms. The highest BCUT2D eigenvalue weighted by molar-refractivity contribution is 6.03. The molecule has 0 radical (unpaired) electrons. The molecule has 2 rings (SSSR count). The van der Waals surface area contributed by atoms with Crippen molar-refractivity contribution in [3.8, 4) is 5.75 Å². The zero-order valence-corrected chi connectivity index (χ0v) is 23.2. The van der Waals surface area contributed by atoms with Crippen molar-refractivity contribution >= 4 is 17.7 Å². The highest BCUT2D eigenvalue weighted by atomic mass is 16.6.